The summed E-state index contributed by atoms with van der Waals surface area (Å²) in [7, 11) is 0. The number of ether oxygens (including phenoxy) is 1. The van der Waals surface area contributed by atoms with Crippen LogP contribution in [-0.2, 0) is 4.74 Å². The summed E-state index contributed by atoms with van der Waals surface area (Å²) in [5.41, 5.74) is 0.435. The Labute approximate surface area is 162 Å². The molecule has 0 spiro atoms. The number of carbonyl (C=O) groups excluding carboxylic acids is 1. The molecule has 1 aliphatic heterocycles. The van der Waals surface area contributed by atoms with Crippen LogP contribution >= 0.6 is 0 Å². The molecule has 0 aliphatic carbocycles. The Morgan fingerprint density at radius 2 is 2.00 bits per heavy atom. The van der Waals surface area contributed by atoms with Crippen molar-refractivity contribution in [1.29, 1.82) is 0 Å². The number of carbonyl (C=O) groups is 1. The topological polar surface area (TPSA) is 77.9 Å². The van der Waals surface area contributed by atoms with Gasteiger partial charge in [-0.1, -0.05) is 19.8 Å². The molecule has 1 aromatic rings. The van der Waals surface area contributed by atoms with Gasteiger partial charge in [0.25, 0.3) is 0 Å². The van der Waals surface area contributed by atoms with E-state index in [0.29, 0.717) is 19.6 Å². The van der Waals surface area contributed by atoms with Crippen LogP contribution in [0.2, 0.25) is 0 Å². The number of anilines is 2. The van der Waals surface area contributed by atoms with Crippen LogP contribution in [-0.4, -0.2) is 65.5 Å². The summed E-state index contributed by atoms with van der Waals surface area (Å²) in [6.07, 6.45) is 4.16. The van der Waals surface area contributed by atoms with Crippen molar-refractivity contribution in [3.05, 3.63) is 18.3 Å². The molecule has 1 amide bonds. The van der Waals surface area contributed by atoms with Crippen molar-refractivity contribution in [2.45, 2.75) is 58.7 Å². The molecule has 1 fully saturated rings. The lowest BCUT2D eigenvalue weighted by molar-refractivity contribution is 0.0240. The molecular weight excluding hydrogens is 344 g/mol. The van der Waals surface area contributed by atoms with Crippen molar-refractivity contribution in [2.24, 2.45) is 0 Å². The van der Waals surface area contributed by atoms with Gasteiger partial charge in [0, 0.05) is 32.7 Å². The van der Waals surface area contributed by atoms with Crippen molar-refractivity contribution in [3.8, 4) is 0 Å². The minimum atomic E-state index is -0.470. The van der Waals surface area contributed by atoms with Gasteiger partial charge in [-0.05, 0) is 39.3 Å². The first kappa shape index (κ1) is 21.3. The number of hydrogen-bond donors (Lipinski definition) is 2. The third kappa shape index (κ3) is 7.25. The van der Waals surface area contributed by atoms with Gasteiger partial charge < -0.3 is 25.0 Å². The zero-order valence-corrected chi connectivity index (χ0v) is 17.1. The summed E-state index contributed by atoms with van der Waals surface area (Å²) in [6.45, 7) is 11.0. The third-order valence-electron chi connectivity index (χ3n) is 4.44. The molecule has 27 heavy (non-hydrogen) atoms. The lowest BCUT2D eigenvalue weighted by Gasteiger charge is -2.36. The van der Waals surface area contributed by atoms with Gasteiger partial charge in [-0.3, -0.25) is 0 Å². The predicted octanol–water partition coefficient (Wildman–Crippen LogP) is 3.10. The number of nitrogens with one attached hydrogen (secondary N) is 1. The Balaban J connectivity index is 1.78. The van der Waals surface area contributed by atoms with Gasteiger partial charge in [0.05, 0.1) is 18.0 Å². The van der Waals surface area contributed by atoms with Gasteiger partial charge in [-0.2, -0.15) is 0 Å². The van der Waals surface area contributed by atoms with Crippen LogP contribution < -0.4 is 10.2 Å². The molecule has 2 heterocycles. The second kappa shape index (κ2) is 9.78. The molecule has 1 saturated heterocycles. The highest BCUT2D eigenvalue weighted by atomic mass is 16.6. The Hall–Kier alpha value is -2.02. The second-order valence-corrected chi connectivity index (χ2v) is 8.04. The number of unbranched alkanes of at least 4 members (excludes halogenated alkanes) is 1. The average molecular weight is 379 g/mol. The largest absolute Gasteiger partial charge is 0.444 e. The minimum absolute atomic E-state index is 0.253. The number of aromatic nitrogens is 1. The smallest absolute Gasteiger partial charge is 0.410 e. The number of piperazine rings is 1. The summed E-state index contributed by atoms with van der Waals surface area (Å²) in [5.74, 6) is 0.899. The Bertz CT molecular complexity index is 578. The lowest BCUT2D eigenvalue weighted by atomic mass is 10.1. The highest BCUT2D eigenvalue weighted by molar-refractivity contribution is 5.68. The number of hydrogen-bond acceptors (Lipinski definition) is 6. The monoisotopic (exact) mass is 378 g/mol. The van der Waals surface area contributed by atoms with E-state index in [-0.39, 0.29) is 12.2 Å². The molecule has 0 bridgehead atoms. The van der Waals surface area contributed by atoms with Gasteiger partial charge in [0.1, 0.15) is 11.4 Å². The first-order valence-electron chi connectivity index (χ1n) is 9.89. The summed E-state index contributed by atoms with van der Waals surface area (Å²) < 4.78 is 5.43. The van der Waals surface area contributed by atoms with Crippen molar-refractivity contribution >= 4 is 17.6 Å². The summed E-state index contributed by atoms with van der Waals surface area (Å²) in [4.78, 5) is 20.6. The molecule has 7 heteroatoms. The van der Waals surface area contributed by atoms with E-state index in [0.717, 1.165) is 43.9 Å². The SMILES string of the molecule is CCCCC(O)CNc1ccc(N2CCN(C(=O)OC(C)(C)C)CC2)nc1. The van der Waals surface area contributed by atoms with E-state index in [9.17, 15) is 9.90 Å². The molecule has 2 rings (SSSR count). The predicted molar refractivity (Wildman–Crippen MR) is 108 cm³/mol. The minimum Gasteiger partial charge on any atom is -0.444 e. The van der Waals surface area contributed by atoms with Gasteiger partial charge >= 0.3 is 6.09 Å². The zero-order chi connectivity index (χ0) is 19.9. The molecule has 1 aliphatic rings. The van der Waals surface area contributed by atoms with Gasteiger partial charge in [0.2, 0.25) is 0 Å². The number of amides is 1. The quantitative estimate of drug-likeness (QED) is 0.759. The number of nitrogens with zero attached hydrogens (tertiary/aromatic N) is 3. The van der Waals surface area contributed by atoms with Crippen LogP contribution in [0.4, 0.5) is 16.3 Å². The molecule has 0 aromatic carbocycles. The summed E-state index contributed by atoms with van der Waals surface area (Å²) in [6, 6.07) is 3.96. The lowest BCUT2D eigenvalue weighted by Crippen LogP contribution is -2.50. The Morgan fingerprint density at radius 3 is 2.56 bits per heavy atom. The van der Waals surface area contributed by atoms with Crippen LogP contribution in [0.15, 0.2) is 18.3 Å². The van der Waals surface area contributed by atoms with Gasteiger partial charge in [-0.15, -0.1) is 0 Å². The van der Waals surface area contributed by atoms with E-state index >= 15 is 0 Å². The van der Waals surface area contributed by atoms with E-state index < -0.39 is 5.60 Å². The molecule has 1 atom stereocenters. The maximum atomic E-state index is 12.1. The highest BCUT2D eigenvalue weighted by Crippen LogP contribution is 2.18. The van der Waals surface area contributed by atoms with E-state index in [4.69, 9.17) is 4.74 Å². The average Bonchev–Trinajstić information content (AvgIpc) is 2.64. The molecule has 7 nitrogen and oxygen atoms in total. The van der Waals surface area contributed by atoms with Gasteiger partial charge in [-0.25, -0.2) is 9.78 Å². The van der Waals surface area contributed by atoms with Crippen LogP contribution in [0.1, 0.15) is 47.0 Å². The van der Waals surface area contributed by atoms with Crippen molar-refractivity contribution in [2.75, 3.05) is 42.9 Å². The molecule has 0 saturated carbocycles. The Morgan fingerprint density at radius 1 is 1.30 bits per heavy atom. The fraction of sp³-hybridized carbons (Fsp3) is 0.700. The van der Waals surface area contributed by atoms with Crippen LogP contribution in [0.25, 0.3) is 0 Å². The maximum absolute atomic E-state index is 12.1. The maximum Gasteiger partial charge on any atom is 0.410 e. The third-order valence-corrected chi connectivity index (χ3v) is 4.44. The normalized spacial score (nSPS) is 16.2. The van der Waals surface area contributed by atoms with Crippen LogP contribution in [0, 0.1) is 0 Å². The van der Waals surface area contributed by atoms with Crippen LogP contribution in [0.3, 0.4) is 0 Å². The molecule has 152 valence electrons. The standard InChI is InChI=1S/C20H34N4O3/c1-5-6-7-17(25)15-21-16-8-9-18(22-14-16)23-10-12-24(13-11-23)19(26)27-20(2,3)4/h8-9,14,17,21,25H,5-7,10-13,15H2,1-4H3. The highest BCUT2D eigenvalue weighted by Gasteiger charge is 2.26. The number of pyridine rings is 1. The van der Waals surface area contributed by atoms with Crippen LogP contribution in [0.5, 0.6) is 0 Å². The summed E-state index contributed by atoms with van der Waals surface area (Å²) in [5, 5.41) is 13.1. The number of rotatable bonds is 7. The van der Waals surface area contributed by atoms with E-state index in [2.05, 4.69) is 22.1 Å². The first-order valence-corrected chi connectivity index (χ1v) is 9.89. The molecule has 2 N–H and O–H groups in total. The zero-order valence-electron chi connectivity index (χ0n) is 17.1. The fourth-order valence-electron chi connectivity index (χ4n) is 2.90. The van der Waals surface area contributed by atoms with Crippen molar-refractivity contribution < 1.29 is 14.6 Å². The number of aliphatic hydroxyl groups excluding tert-OH is 1. The van der Waals surface area contributed by atoms with Crippen molar-refractivity contribution in [3.63, 3.8) is 0 Å². The fourth-order valence-corrected chi connectivity index (χ4v) is 2.90. The molecule has 0 radical (unpaired) electrons. The first-order chi connectivity index (χ1) is 12.8. The Kier molecular flexibility index (Phi) is 7.71. The molecule has 1 unspecified atom stereocenters. The van der Waals surface area contributed by atoms with E-state index in [1.807, 2.05) is 32.9 Å². The van der Waals surface area contributed by atoms with E-state index in [1.54, 1.807) is 11.1 Å². The second-order valence-electron chi connectivity index (χ2n) is 8.04. The van der Waals surface area contributed by atoms with Gasteiger partial charge in [0.15, 0.2) is 0 Å². The van der Waals surface area contributed by atoms with E-state index in [1.165, 1.54) is 0 Å². The number of aliphatic hydroxyl groups is 1. The molecular formula is C20H34N4O3. The summed E-state index contributed by atoms with van der Waals surface area (Å²) >= 11 is 0. The molecule has 1 aromatic heterocycles. The van der Waals surface area contributed by atoms with Crippen molar-refractivity contribution in [1.82, 2.24) is 9.88 Å².